The average molecular weight is 284 g/mol. The van der Waals surface area contributed by atoms with E-state index in [-0.39, 0.29) is 6.04 Å². The summed E-state index contributed by atoms with van der Waals surface area (Å²) in [4.78, 5) is 7.15. The molecule has 1 aromatic rings. The molecule has 0 saturated carbocycles. The standard InChI is InChI=1S/C17H24N4/c1-12(19)14-6-4-8-21(11-14)17-15(10-18)9-13-5-2-3-7-16(13)20-17/h9,12,14H,2-8,11,19H2,1H3. The van der Waals surface area contributed by atoms with Gasteiger partial charge in [0.2, 0.25) is 0 Å². The number of rotatable bonds is 2. The summed E-state index contributed by atoms with van der Waals surface area (Å²) in [5.74, 6) is 1.40. The Labute approximate surface area is 127 Å². The van der Waals surface area contributed by atoms with Crippen LogP contribution in [-0.2, 0) is 12.8 Å². The zero-order chi connectivity index (χ0) is 14.8. The molecular weight excluding hydrogens is 260 g/mol. The van der Waals surface area contributed by atoms with Gasteiger partial charge in [-0.2, -0.15) is 5.26 Å². The van der Waals surface area contributed by atoms with Crippen LogP contribution in [-0.4, -0.2) is 24.1 Å². The molecule has 4 nitrogen and oxygen atoms in total. The Morgan fingerprint density at radius 3 is 2.95 bits per heavy atom. The van der Waals surface area contributed by atoms with Gasteiger partial charge in [0.05, 0.1) is 5.56 Å². The fourth-order valence-electron chi connectivity index (χ4n) is 3.58. The van der Waals surface area contributed by atoms with E-state index < -0.39 is 0 Å². The monoisotopic (exact) mass is 284 g/mol. The highest BCUT2D eigenvalue weighted by molar-refractivity contribution is 5.56. The third kappa shape index (κ3) is 2.89. The van der Waals surface area contributed by atoms with Crippen LogP contribution in [0.4, 0.5) is 5.82 Å². The summed E-state index contributed by atoms with van der Waals surface area (Å²) in [6, 6.07) is 4.63. The van der Waals surface area contributed by atoms with Crippen molar-refractivity contribution in [1.29, 1.82) is 5.26 Å². The second-order valence-corrected chi connectivity index (χ2v) is 6.49. The Morgan fingerprint density at radius 1 is 1.38 bits per heavy atom. The number of fused-ring (bicyclic) bond motifs is 1. The normalized spacial score (nSPS) is 23.3. The van der Waals surface area contributed by atoms with Crippen molar-refractivity contribution < 1.29 is 0 Å². The molecule has 2 unspecified atom stereocenters. The molecule has 21 heavy (non-hydrogen) atoms. The van der Waals surface area contributed by atoms with Gasteiger partial charge >= 0.3 is 0 Å². The second kappa shape index (κ2) is 6.03. The van der Waals surface area contributed by atoms with Gasteiger partial charge in [-0.05, 0) is 63.0 Å². The lowest BCUT2D eigenvalue weighted by atomic mass is 9.91. The number of nitrogens with zero attached hydrogens (tertiary/aromatic N) is 3. The number of aromatic nitrogens is 1. The molecule has 1 fully saturated rings. The Morgan fingerprint density at radius 2 is 2.19 bits per heavy atom. The molecule has 2 heterocycles. The Balaban J connectivity index is 1.92. The van der Waals surface area contributed by atoms with E-state index >= 15 is 0 Å². The van der Waals surface area contributed by atoms with Gasteiger partial charge in [-0.1, -0.05) is 0 Å². The lowest BCUT2D eigenvalue weighted by molar-refractivity contribution is 0.363. The molecule has 112 valence electrons. The summed E-state index contributed by atoms with van der Waals surface area (Å²) in [6.45, 7) is 4.00. The number of aryl methyl sites for hydroxylation is 2. The summed E-state index contributed by atoms with van der Waals surface area (Å²) >= 11 is 0. The summed E-state index contributed by atoms with van der Waals surface area (Å²) in [7, 11) is 0. The summed E-state index contributed by atoms with van der Waals surface area (Å²) in [6.07, 6.45) is 6.87. The van der Waals surface area contributed by atoms with Crippen LogP contribution in [0.1, 0.15) is 49.4 Å². The van der Waals surface area contributed by atoms with Crippen molar-refractivity contribution in [3.63, 3.8) is 0 Å². The van der Waals surface area contributed by atoms with Crippen LogP contribution in [0.5, 0.6) is 0 Å². The minimum absolute atomic E-state index is 0.205. The van der Waals surface area contributed by atoms with Crippen LogP contribution in [0.15, 0.2) is 6.07 Å². The van der Waals surface area contributed by atoms with Crippen LogP contribution in [0.3, 0.4) is 0 Å². The van der Waals surface area contributed by atoms with Crippen LogP contribution in [0.25, 0.3) is 0 Å². The number of anilines is 1. The highest BCUT2D eigenvalue weighted by Gasteiger charge is 2.26. The number of piperidine rings is 1. The van der Waals surface area contributed by atoms with E-state index in [1.54, 1.807) is 0 Å². The van der Waals surface area contributed by atoms with E-state index in [4.69, 9.17) is 10.7 Å². The smallest absolute Gasteiger partial charge is 0.146 e. The van der Waals surface area contributed by atoms with Gasteiger partial charge in [0, 0.05) is 24.8 Å². The van der Waals surface area contributed by atoms with Gasteiger partial charge in [0.1, 0.15) is 11.9 Å². The quantitative estimate of drug-likeness (QED) is 0.905. The zero-order valence-electron chi connectivity index (χ0n) is 12.8. The van der Waals surface area contributed by atoms with Crippen molar-refractivity contribution in [1.82, 2.24) is 4.98 Å². The van der Waals surface area contributed by atoms with Gasteiger partial charge in [-0.25, -0.2) is 4.98 Å². The maximum atomic E-state index is 9.48. The fraction of sp³-hybridized carbons (Fsp3) is 0.647. The van der Waals surface area contributed by atoms with Crippen molar-refractivity contribution in [2.45, 2.75) is 51.5 Å². The Kier molecular flexibility index (Phi) is 4.12. The molecule has 1 aromatic heterocycles. The SMILES string of the molecule is CC(N)C1CCCN(c2nc3c(cc2C#N)CCCC3)C1. The van der Waals surface area contributed by atoms with Crippen molar-refractivity contribution in [3.8, 4) is 6.07 Å². The highest BCUT2D eigenvalue weighted by atomic mass is 15.2. The molecular formula is C17H24N4. The van der Waals surface area contributed by atoms with Gasteiger partial charge in [0.25, 0.3) is 0 Å². The van der Waals surface area contributed by atoms with Crippen molar-refractivity contribution >= 4 is 5.82 Å². The first-order valence-electron chi connectivity index (χ1n) is 8.12. The first kappa shape index (κ1) is 14.3. The van der Waals surface area contributed by atoms with Crippen LogP contribution < -0.4 is 10.6 Å². The molecule has 2 aliphatic rings. The average Bonchev–Trinajstić information content (AvgIpc) is 2.53. The maximum Gasteiger partial charge on any atom is 0.146 e. The van der Waals surface area contributed by atoms with E-state index in [1.807, 2.05) is 0 Å². The van der Waals surface area contributed by atoms with Crippen molar-refractivity contribution in [3.05, 3.63) is 22.9 Å². The van der Waals surface area contributed by atoms with Gasteiger partial charge in [0.15, 0.2) is 0 Å². The van der Waals surface area contributed by atoms with Gasteiger partial charge < -0.3 is 10.6 Å². The lowest BCUT2D eigenvalue weighted by Crippen LogP contribution is -2.43. The predicted octanol–water partition coefficient (Wildman–Crippen LogP) is 2.40. The number of hydrogen-bond acceptors (Lipinski definition) is 4. The maximum absolute atomic E-state index is 9.48. The lowest BCUT2D eigenvalue weighted by Gasteiger charge is -2.36. The van der Waals surface area contributed by atoms with E-state index in [1.165, 1.54) is 30.5 Å². The third-order valence-corrected chi connectivity index (χ3v) is 4.90. The number of nitriles is 1. The molecule has 4 heteroatoms. The van der Waals surface area contributed by atoms with Crippen LogP contribution in [0, 0.1) is 17.2 Å². The van der Waals surface area contributed by atoms with E-state index in [9.17, 15) is 5.26 Å². The molecule has 0 amide bonds. The van der Waals surface area contributed by atoms with E-state index in [0.717, 1.165) is 43.7 Å². The van der Waals surface area contributed by atoms with Crippen LogP contribution >= 0.6 is 0 Å². The largest absolute Gasteiger partial charge is 0.355 e. The third-order valence-electron chi connectivity index (χ3n) is 4.90. The number of pyridine rings is 1. The molecule has 2 N–H and O–H groups in total. The Bertz CT molecular complexity index is 559. The molecule has 2 atom stereocenters. The molecule has 0 spiro atoms. The summed E-state index contributed by atoms with van der Waals surface area (Å²) in [5.41, 5.74) is 9.30. The minimum atomic E-state index is 0.205. The van der Waals surface area contributed by atoms with Crippen LogP contribution in [0.2, 0.25) is 0 Å². The number of nitrogens with two attached hydrogens (primary N) is 1. The molecule has 3 rings (SSSR count). The first-order chi connectivity index (χ1) is 10.2. The molecule has 0 aromatic carbocycles. The highest BCUT2D eigenvalue weighted by Crippen LogP contribution is 2.29. The zero-order valence-corrected chi connectivity index (χ0v) is 12.8. The Hall–Kier alpha value is -1.60. The van der Waals surface area contributed by atoms with E-state index in [0.29, 0.717) is 5.92 Å². The van der Waals surface area contributed by atoms with Gasteiger partial charge in [-0.3, -0.25) is 0 Å². The summed E-state index contributed by atoms with van der Waals surface area (Å²) in [5, 5.41) is 9.48. The predicted molar refractivity (Wildman–Crippen MR) is 84.2 cm³/mol. The topological polar surface area (TPSA) is 65.9 Å². The molecule has 0 radical (unpaired) electrons. The molecule has 1 aliphatic heterocycles. The van der Waals surface area contributed by atoms with Gasteiger partial charge in [-0.15, -0.1) is 0 Å². The van der Waals surface area contributed by atoms with Crippen molar-refractivity contribution in [2.24, 2.45) is 11.7 Å². The summed E-state index contributed by atoms with van der Waals surface area (Å²) < 4.78 is 0. The number of hydrogen-bond donors (Lipinski definition) is 1. The second-order valence-electron chi connectivity index (χ2n) is 6.49. The molecule has 1 saturated heterocycles. The van der Waals surface area contributed by atoms with Crippen molar-refractivity contribution in [2.75, 3.05) is 18.0 Å². The van der Waals surface area contributed by atoms with E-state index in [2.05, 4.69) is 24.0 Å². The first-order valence-corrected chi connectivity index (χ1v) is 8.12. The molecule has 0 bridgehead atoms. The molecule has 1 aliphatic carbocycles. The fourth-order valence-corrected chi connectivity index (χ4v) is 3.58. The minimum Gasteiger partial charge on any atom is -0.355 e.